The highest BCUT2D eigenvalue weighted by Crippen LogP contribution is 2.48. The summed E-state index contributed by atoms with van der Waals surface area (Å²) in [5.41, 5.74) is 0. The van der Waals surface area contributed by atoms with Gasteiger partial charge in [-0.25, -0.2) is 4.67 Å². The molecule has 1 atom stereocenters. The molecule has 0 radical (unpaired) electrons. The van der Waals surface area contributed by atoms with E-state index in [9.17, 15) is 4.57 Å². The van der Waals surface area contributed by atoms with Gasteiger partial charge in [0.05, 0.1) is 6.61 Å². The molecule has 0 saturated carbocycles. The molecule has 0 aliphatic carbocycles. The first-order valence-electron chi connectivity index (χ1n) is 4.98. The van der Waals surface area contributed by atoms with Gasteiger partial charge in [-0.2, -0.15) is 0 Å². The standard InChI is InChI=1S/C9H22NO2P/c1-5-7-8-9-12-13(11,6-2)10(3)4/h5-9H2,1-4H3. The molecule has 1 unspecified atom stereocenters. The summed E-state index contributed by atoms with van der Waals surface area (Å²) in [6, 6.07) is 0. The maximum Gasteiger partial charge on any atom is 0.271 e. The van der Waals surface area contributed by atoms with E-state index >= 15 is 0 Å². The summed E-state index contributed by atoms with van der Waals surface area (Å²) in [5, 5.41) is 0. The van der Waals surface area contributed by atoms with Crippen molar-refractivity contribution >= 4 is 7.52 Å². The number of hydrogen-bond donors (Lipinski definition) is 0. The van der Waals surface area contributed by atoms with Crippen LogP contribution < -0.4 is 0 Å². The van der Waals surface area contributed by atoms with Crippen molar-refractivity contribution in [2.45, 2.75) is 33.1 Å². The molecule has 3 nitrogen and oxygen atoms in total. The third-order valence-corrected chi connectivity index (χ3v) is 4.65. The highest BCUT2D eigenvalue weighted by atomic mass is 31.2. The second kappa shape index (κ2) is 6.58. The fourth-order valence-corrected chi connectivity index (χ4v) is 2.44. The van der Waals surface area contributed by atoms with Crippen molar-refractivity contribution in [1.29, 1.82) is 0 Å². The molecule has 0 spiro atoms. The Morgan fingerprint density at radius 1 is 1.23 bits per heavy atom. The second-order valence-electron chi connectivity index (χ2n) is 3.34. The lowest BCUT2D eigenvalue weighted by atomic mass is 10.3. The van der Waals surface area contributed by atoms with E-state index in [0.29, 0.717) is 12.8 Å². The summed E-state index contributed by atoms with van der Waals surface area (Å²) in [7, 11) is 1.14. The van der Waals surface area contributed by atoms with Gasteiger partial charge in [-0.15, -0.1) is 0 Å². The number of hydrogen-bond acceptors (Lipinski definition) is 2. The molecule has 0 aliphatic rings. The first-order chi connectivity index (χ1) is 6.06. The predicted octanol–water partition coefficient (Wildman–Crippen LogP) is 2.97. The molecular weight excluding hydrogens is 185 g/mol. The topological polar surface area (TPSA) is 29.5 Å². The van der Waals surface area contributed by atoms with Crippen molar-refractivity contribution in [2.75, 3.05) is 26.9 Å². The average Bonchev–Trinajstić information content (AvgIpc) is 2.12. The van der Waals surface area contributed by atoms with Crippen LogP contribution in [0.2, 0.25) is 0 Å². The van der Waals surface area contributed by atoms with E-state index < -0.39 is 7.52 Å². The van der Waals surface area contributed by atoms with Gasteiger partial charge in [-0.05, 0) is 20.5 Å². The molecule has 0 heterocycles. The average molecular weight is 207 g/mol. The van der Waals surface area contributed by atoms with Gasteiger partial charge in [0.25, 0.3) is 7.52 Å². The molecule has 4 heteroatoms. The van der Waals surface area contributed by atoms with Gasteiger partial charge in [0.15, 0.2) is 0 Å². The number of unbranched alkanes of at least 4 members (excludes halogenated alkanes) is 2. The lowest BCUT2D eigenvalue weighted by molar-refractivity contribution is 0.274. The first kappa shape index (κ1) is 13.2. The third kappa shape index (κ3) is 4.80. The lowest BCUT2D eigenvalue weighted by Crippen LogP contribution is -2.13. The van der Waals surface area contributed by atoms with Gasteiger partial charge in [0, 0.05) is 6.16 Å². The van der Waals surface area contributed by atoms with E-state index in [1.165, 1.54) is 6.42 Å². The summed E-state index contributed by atoms with van der Waals surface area (Å²) in [6.07, 6.45) is 3.92. The van der Waals surface area contributed by atoms with Gasteiger partial charge in [0.2, 0.25) is 0 Å². The Labute approximate surface area is 82.0 Å². The molecule has 0 amide bonds. The van der Waals surface area contributed by atoms with Crippen LogP contribution in [0.4, 0.5) is 0 Å². The van der Waals surface area contributed by atoms with Crippen molar-refractivity contribution in [3.8, 4) is 0 Å². The molecule has 0 fully saturated rings. The molecule has 80 valence electrons. The zero-order valence-electron chi connectivity index (χ0n) is 9.25. The Bertz CT molecular complexity index is 171. The van der Waals surface area contributed by atoms with E-state index in [1.54, 1.807) is 4.67 Å². The van der Waals surface area contributed by atoms with Crippen LogP contribution in [0.15, 0.2) is 0 Å². The largest absolute Gasteiger partial charge is 0.317 e. The fraction of sp³-hybridized carbons (Fsp3) is 1.00. The molecule has 0 bridgehead atoms. The van der Waals surface area contributed by atoms with Crippen molar-refractivity contribution < 1.29 is 9.09 Å². The molecule has 0 aliphatic heterocycles. The van der Waals surface area contributed by atoms with Crippen LogP contribution in [-0.2, 0) is 9.09 Å². The Morgan fingerprint density at radius 3 is 2.23 bits per heavy atom. The zero-order valence-corrected chi connectivity index (χ0v) is 10.1. The Morgan fingerprint density at radius 2 is 1.85 bits per heavy atom. The Hall–Kier alpha value is 0.150. The molecule has 0 aromatic carbocycles. The van der Waals surface area contributed by atoms with Crippen LogP contribution in [0.25, 0.3) is 0 Å². The van der Waals surface area contributed by atoms with Crippen LogP contribution in [0.5, 0.6) is 0 Å². The second-order valence-corrected chi connectivity index (χ2v) is 6.31. The quantitative estimate of drug-likeness (QED) is 0.475. The molecular formula is C9H22NO2P. The fourth-order valence-electron chi connectivity index (χ4n) is 1.05. The van der Waals surface area contributed by atoms with Gasteiger partial charge < -0.3 is 4.52 Å². The van der Waals surface area contributed by atoms with Crippen LogP contribution in [0, 0.1) is 0 Å². The monoisotopic (exact) mass is 207 g/mol. The maximum atomic E-state index is 11.9. The van der Waals surface area contributed by atoms with Crippen LogP contribution in [0.3, 0.4) is 0 Å². The summed E-state index contributed by atoms with van der Waals surface area (Å²) in [4.78, 5) is 0. The summed E-state index contributed by atoms with van der Waals surface area (Å²) < 4.78 is 19.1. The molecule has 0 saturated heterocycles. The van der Waals surface area contributed by atoms with Crippen molar-refractivity contribution in [3.05, 3.63) is 0 Å². The minimum Gasteiger partial charge on any atom is -0.317 e. The zero-order chi connectivity index (χ0) is 10.3. The summed E-state index contributed by atoms with van der Waals surface area (Å²) >= 11 is 0. The summed E-state index contributed by atoms with van der Waals surface area (Å²) in [5.74, 6) is 0. The molecule has 0 N–H and O–H groups in total. The van der Waals surface area contributed by atoms with Gasteiger partial charge in [-0.1, -0.05) is 26.7 Å². The third-order valence-electron chi connectivity index (χ3n) is 2.05. The van der Waals surface area contributed by atoms with Gasteiger partial charge in [0.1, 0.15) is 0 Å². The number of rotatable bonds is 7. The number of nitrogens with zero attached hydrogens (tertiary/aromatic N) is 1. The molecule has 0 aromatic heterocycles. The van der Waals surface area contributed by atoms with Crippen molar-refractivity contribution in [2.24, 2.45) is 0 Å². The van der Waals surface area contributed by atoms with Crippen molar-refractivity contribution in [1.82, 2.24) is 4.67 Å². The highest BCUT2D eigenvalue weighted by Gasteiger charge is 2.22. The normalized spacial score (nSPS) is 16.1. The van der Waals surface area contributed by atoms with Gasteiger partial charge >= 0.3 is 0 Å². The molecule has 0 aromatic rings. The summed E-state index contributed by atoms with van der Waals surface area (Å²) in [6.45, 7) is 4.67. The Balaban J connectivity index is 3.78. The Kier molecular flexibility index (Phi) is 6.66. The lowest BCUT2D eigenvalue weighted by Gasteiger charge is -2.23. The SMILES string of the molecule is CCCCCOP(=O)(CC)N(C)C. The van der Waals surface area contributed by atoms with Crippen molar-refractivity contribution in [3.63, 3.8) is 0 Å². The van der Waals surface area contributed by atoms with Crippen LogP contribution in [0.1, 0.15) is 33.1 Å². The minimum atomic E-state index is -2.48. The van der Waals surface area contributed by atoms with Gasteiger partial charge in [-0.3, -0.25) is 4.57 Å². The first-order valence-corrected chi connectivity index (χ1v) is 6.74. The van der Waals surface area contributed by atoms with E-state index in [-0.39, 0.29) is 0 Å². The molecule has 0 rings (SSSR count). The maximum absolute atomic E-state index is 11.9. The van der Waals surface area contributed by atoms with Crippen LogP contribution >= 0.6 is 7.52 Å². The van der Waals surface area contributed by atoms with E-state index in [2.05, 4.69) is 6.92 Å². The highest BCUT2D eigenvalue weighted by molar-refractivity contribution is 7.56. The smallest absolute Gasteiger partial charge is 0.271 e. The van der Waals surface area contributed by atoms with E-state index in [4.69, 9.17) is 4.52 Å². The van der Waals surface area contributed by atoms with E-state index in [0.717, 1.165) is 12.8 Å². The molecule has 13 heavy (non-hydrogen) atoms. The van der Waals surface area contributed by atoms with E-state index in [1.807, 2.05) is 21.0 Å². The van der Waals surface area contributed by atoms with Crippen LogP contribution in [-0.4, -0.2) is 31.5 Å². The minimum absolute atomic E-state index is 0.589. The predicted molar refractivity (Wildman–Crippen MR) is 57.3 cm³/mol.